The summed E-state index contributed by atoms with van der Waals surface area (Å²) in [5.74, 6) is 1.33. The molecule has 0 atom stereocenters. The van der Waals surface area contributed by atoms with Crippen LogP contribution in [-0.2, 0) is 16.0 Å². The summed E-state index contributed by atoms with van der Waals surface area (Å²) in [6.07, 6.45) is 3.31. The van der Waals surface area contributed by atoms with Gasteiger partial charge in [0, 0.05) is 32.7 Å². The maximum Gasteiger partial charge on any atom is 0.407 e. The minimum atomic E-state index is -0.492. The molecule has 186 valence electrons. The molecule has 1 fully saturated rings. The normalized spacial score (nSPS) is 13.4. The lowest BCUT2D eigenvalue weighted by molar-refractivity contribution is -0.123. The lowest BCUT2D eigenvalue weighted by atomic mass is 10.1. The second-order valence-corrected chi connectivity index (χ2v) is 8.73. The molecule has 1 aliphatic carbocycles. The number of alkyl carbamates (subject to hydrolysis) is 1. The van der Waals surface area contributed by atoms with Gasteiger partial charge in [-0.1, -0.05) is 12.1 Å². The van der Waals surface area contributed by atoms with E-state index in [2.05, 4.69) is 26.3 Å². The van der Waals surface area contributed by atoms with Crippen LogP contribution in [0.1, 0.15) is 45.6 Å². The van der Waals surface area contributed by atoms with Crippen molar-refractivity contribution in [2.45, 2.75) is 58.1 Å². The first kappa shape index (κ1) is 28.8. The van der Waals surface area contributed by atoms with Crippen LogP contribution in [0.2, 0.25) is 0 Å². The van der Waals surface area contributed by atoms with Crippen molar-refractivity contribution in [3.63, 3.8) is 0 Å². The topological polar surface area (TPSA) is 113 Å². The van der Waals surface area contributed by atoms with Crippen molar-refractivity contribution in [2.24, 2.45) is 4.99 Å². The van der Waals surface area contributed by atoms with Crippen molar-refractivity contribution in [1.29, 1.82) is 0 Å². The molecule has 0 unspecified atom stereocenters. The minimum absolute atomic E-state index is 0. The molecule has 2 rings (SSSR count). The first-order chi connectivity index (χ1) is 15.2. The summed E-state index contributed by atoms with van der Waals surface area (Å²) in [7, 11) is 1.72. The van der Waals surface area contributed by atoms with Gasteiger partial charge >= 0.3 is 6.09 Å². The fourth-order valence-electron chi connectivity index (χ4n) is 2.74. The number of nitrogens with one attached hydrogen (secondary N) is 4. The number of guanidine groups is 1. The number of hydrogen-bond donors (Lipinski definition) is 4. The van der Waals surface area contributed by atoms with E-state index in [4.69, 9.17) is 9.47 Å². The van der Waals surface area contributed by atoms with Crippen LogP contribution >= 0.6 is 24.0 Å². The van der Waals surface area contributed by atoms with Crippen LogP contribution in [0.5, 0.6) is 5.75 Å². The minimum Gasteiger partial charge on any atom is -0.484 e. The highest BCUT2D eigenvalue weighted by atomic mass is 127. The first-order valence-corrected chi connectivity index (χ1v) is 11.2. The van der Waals surface area contributed by atoms with Crippen LogP contribution in [0, 0.1) is 0 Å². The summed E-state index contributed by atoms with van der Waals surface area (Å²) in [5, 5.41) is 12.1. The molecule has 2 amide bonds. The van der Waals surface area contributed by atoms with Gasteiger partial charge in [-0.3, -0.25) is 9.79 Å². The lowest BCUT2D eigenvalue weighted by Gasteiger charge is -2.19. The van der Waals surface area contributed by atoms with Gasteiger partial charge in [0.05, 0.1) is 0 Å². The Morgan fingerprint density at radius 2 is 1.67 bits per heavy atom. The van der Waals surface area contributed by atoms with Gasteiger partial charge in [-0.05, 0) is 64.2 Å². The molecule has 10 heteroatoms. The van der Waals surface area contributed by atoms with Crippen molar-refractivity contribution < 1.29 is 19.1 Å². The molecule has 1 saturated carbocycles. The first-order valence-electron chi connectivity index (χ1n) is 11.2. The number of aliphatic imine (C=N–C) groups is 1. The predicted molar refractivity (Wildman–Crippen MR) is 140 cm³/mol. The van der Waals surface area contributed by atoms with Crippen LogP contribution in [0.3, 0.4) is 0 Å². The van der Waals surface area contributed by atoms with E-state index in [1.54, 1.807) is 7.05 Å². The number of amides is 2. The Balaban J connectivity index is 0.00000544. The van der Waals surface area contributed by atoms with E-state index in [1.807, 2.05) is 45.0 Å². The summed E-state index contributed by atoms with van der Waals surface area (Å²) in [6, 6.07) is 8.10. The van der Waals surface area contributed by atoms with Gasteiger partial charge in [0.1, 0.15) is 11.4 Å². The van der Waals surface area contributed by atoms with Gasteiger partial charge in [-0.2, -0.15) is 0 Å². The highest BCUT2D eigenvalue weighted by molar-refractivity contribution is 14.0. The maximum absolute atomic E-state index is 11.7. The van der Waals surface area contributed by atoms with Crippen molar-refractivity contribution in [2.75, 3.05) is 33.3 Å². The van der Waals surface area contributed by atoms with Crippen LogP contribution in [0.25, 0.3) is 0 Å². The molecule has 0 radical (unpaired) electrons. The maximum atomic E-state index is 11.7. The molecule has 1 aromatic rings. The predicted octanol–water partition coefficient (Wildman–Crippen LogP) is 2.58. The second-order valence-electron chi connectivity index (χ2n) is 8.73. The van der Waals surface area contributed by atoms with Crippen molar-refractivity contribution in [3.8, 4) is 5.75 Å². The molecule has 0 bridgehead atoms. The van der Waals surface area contributed by atoms with Gasteiger partial charge in [-0.15, -0.1) is 24.0 Å². The molecule has 0 aliphatic heterocycles. The number of hydrogen-bond acceptors (Lipinski definition) is 5. The van der Waals surface area contributed by atoms with Gasteiger partial charge in [0.15, 0.2) is 12.6 Å². The second kappa shape index (κ2) is 14.8. The SMILES string of the molecule is CN=C(NCCCNC(=O)OC(C)(C)C)NCCc1ccc(OCC(=O)NC2CC2)cc1.I. The Morgan fingerprint density at radius 1 is 1.03 bits per heavy atom. The molecule has 9 nitrogen and oxygen atoms in total. The van der Waals surface area contributed by atoms with Gasteiger partial charge in [0.2, 0.25) is 0 Å². The van der Waals surface area contributed by atoms with Gasteiger partial charge < -0.3 is 30.7 Å². The molecule has 0 spiro atoms. The lowest BCUT2D eigenvalue weighted by Crippen LogP contribution is -2.40. The molecule has 0 saturated heterocycles. The smallest absolute Gasteiger partial charge is 0.407 e. The molecule has 0 heterocycles. The molecule has 0 aromatic heterocycles. The van der Waals surface area contributed by atoms with E-state index >= 15 is 0 Å². The zero-order valence-electron chi connectivity index (χ0n) is 20.0. The monoisotopic (exact) mass is 575 g/mol. The molecule has 1 aromatic carbocycles. The van der Waals surface area contributed by atoms with E-state index in [-0.39, 0.29) is 36.5 Å². The number of rotatable bonds is 11. The van der Waals surface area contributed by atoms with E-state index in [0.717, 1.165) is 37.8 Å². The highest BCUT2D eigenvalue weighted by Crippen LogP contribution is 2.18. The third kappa shape index (κ3) is 13.8. The number of benzene rings is 1. The van der Waals surface area contributed by atoms with Crippen molar-refractivity contribution in [1.82, 2.24) is 21.3 Å². The summed E-state index contributed by atoms with van der Waals surface area (Å²) >= 11 is 0. The van der Waals surface area contributed by atoms with Gasteiger partial charge in [0.25, 0.3) is 5.91 Å². The molecular formula is C23H38IN5O4. The Morgan fingerprint density at radius 3 is 2.27 bits per heavy atom. The molecule has 33 heavy (non-hydrogen) atoms. The van der Waals surface area contributed by atoms with Crippen LogP contribution in [-0.4, -0.2) is 62.9 Å². The standard InChI is InChI=1S/C23H37N5O4.HI/c1-23(2,3)32-22(30)27-14-5-13-25-21(24-4)26-15-12-17-6-10-19(11-7-17)31-16-20(29)28-18-8-9-18;/h6-7,10-11,18H,5,8-9,12-16H2,1-4H3,(H,27,30)(H,28,29)(H2,24,25,26);1H. The van der Waals surface area contributed by atoms with Crippen molar-refractivity contribution in [3.05, 3.63) is 29.8 Å². The van der Waals surface area contributed by atoms with Crippen LogP contribution < -0.4 is 26.0 Å². The third-order valence-corrected chi connectivity index (χ3v) is 4.48. The number of nitrogens with zero attached hydrogens (tertiary/aromatic N) is 1. The van der Waals surface area contributed by atoms with E-state index in [0.29, 0.717) is 30.8 Å². The Bertz CT molecular complexity index is 761. The third-order valence-electron chi connectivity index (χ3n) is 4.48. The Kier molecular flexibility index (Phi) is 12.9. The van der Waals surface area contributed by atoms with Crippen molar-refractivity contribution >= 4 is 41.9 Å². The molecule has 1 aliphatic rings. The van der Waals surface area contributed by atoms with Crippen LogP contribution in [0.15, 0.2) is 29.3 Å². The van der Waals surface area contributed by atoms with E-state index in [9.17, 15) is 9.59 Å². The highest BCUT2D eigenvalue weighted by Gasteiger charge is 2.23. The van der Waals surface area contributed by atoms with Crippen LogP contribution in [0.4, 0.5) is 4.79 Å². The number of halogens is 1. The fourth-order valence-corrected chi connectivity index (χ4v) is 2.74. The van der Waals surface area contributed by atoms with E-state index in [1.165, 1.54) is 0 Å². The average Bonchev–Trinajstić information content (AvgIpc) is 3.54. The number of carbonyl (C=O) groups excluding carboxylic acids is 2. The Hall–Kier alpha value is -2.24. The summed E-state index contributed by atoms with van der Waals surface area (Å²) in [6.45, 7) is 7.48. The zero-order valence-corrected chi connectivity index (χ0v) is 22.4. The largest absolute Gasteiger partial charge is 0.484 e. The number of carbonyl (C=O) groups is 2. The molecule has 4 N–H and O–H groups in total. The average molecular weight is 575 g/mol. The zero-order chi connectivity index (χ0) is 23.4. The van der Waals surface area contributed by atoms with E-state index < -0.39 is 11.7 Å². The number of ether oxygens (including phenoxy) is 2. The Labute approximate surface area is 213 Å². The quantitative estimate of drug-likeness (QED) is 0.140. The summed E-state index contributed by atoms with van der Waals surface area (Å²) < 4.78 is 10.7. The fraction of sp³-hybridized carbons (Fsp3) is 0.609. The van der Waals surface area contributed by atoms with Gasteiger partial charge in [-0.25, -0.2) is 4.79 Å². The summed E-state index contributed by atoms with van der Waals surface area (Å²) in [5.41, 5.74) is 0.664. The summed E-state index contributed by atoms with van der Waals surface area (Å²) in [4.78, 5) is 27.5. The molecular weight excluding hydrogens is 537 g/mol.